The van der Waals surface area contributed by atoms with Crippen molar-refractivity contribution in [2.24, 2.45) is 5.92 Å². The normalized spacial score (nSPS) is 21.6. The smallest absolute Gasteiger partial charge is 0.149 e. The number of aliphatic hydroxyl groups is 1. The molecule has 1 aliphatic heterocycles. The van der Waals surface area contributed by atoms with Gasteiger partial charge in [-0.1, -0.05) is 0 Å². The molecule has 3 heterocycles. The van der Waals surface area contributed by atoms with Crippen molar-refractivity contribution in [1.29, 1.82) is 0 Å². The highest BCUT2D eigenvalue weighted by molar-refractivity contribution is 5.85. The lowest BCUT2D eigenvalue weighted by molar-refractivity contribution is 0.122. The molecule has 8 heteroatoms. The molecule has 8 nitrogen and oxygen atoms in total. The molecule has 1 saturated carbocycles. The van der Waals surface area contributed by atoms with Gasteiger partial charge in [0.25, 0.3) is 0 Å². The van der Waals surface area contributed by atoms with Crippen LogP contribution in [-0.2, 0) is 17.8 Å². The molecule has 0 atom stereocenters. The molecule has 1 saturated heterocycles. The van der Waals surface area contributed by atoms with Crippen molar-refractivity contribution in [1.82, 2.24) is 19.9 Å². The van der Waals surface area contributed by atoms with Crippen LogP contribution in [0.1, 0.15) is 37.1 Å². The van der Waals surface area contributed by atoms with Gasteiger partial charge in [-0.3, -0.25) is 15.0 Å². The first-order valence-corrected chi connectivity index (χ1v) is 11.4. The summed E-state index contributed by atoms with van der Waals surface area (Å²) in [5.74, 6) is 1.41. The van der Waals surface area contributed by atoms with E-state index in [1.165, 1.54) is 0 Å². The number of ether oxygens (including phenoxy) is 2. The summed E-state index contributed by atoms with van der Waals surface area (Å²) in [6.45, 7) is 3.16. The van der Waals surface area contributed by atoms with Crippen LogP contribution in [0.3, 0.4) is 0 Å². The van der Waals surface area contributed by atoms with Crippen LogP contribution < -0.4 is 9.64 Å². The highest BCUT2D eigenvalue weighted by atomic mass is 16.5. The van der Waals surface area contributed by atoms with Crippen LogP contribution in [0.2, 0.25) is 0 Å². The zero-order valence-corrected chi connectivity index (χ0v) is 18.2. The molecule has 2 aromatic heterocycles. The van der Waals surface area contributed by atoms with Crippen LogP contribution >= 0.6 is 0 Å². The van der Waals surface area contributed by atoms with E-state index in [9.17, 15) is 0 Å². The Morgan fingerprint density at radius 2 is 1.69 bits per heavy atom. The second kappa shape index (κ2) is 9.75. The van der Waals surface area contributed by atoms with Gasteiger partial charge in [0.1, 0.15) is 11.3 Å². The number of benzene rings is 1. The molecule has 3 aromatic rings. The Labute approximate surface area is 187 Å². The molecular formula is C24H29N5O3. The molecule has 168 valence electrons. The average molecular weight is 436 g/mol. The molecule has 5 rings (SSSR count). The van der Waals surface area contributed by atoms with Gasteiger partial charge in [0.2, 0.25) is 0 Å². The zero-order chi connectivity index (χ0) is 21.8. The third-order valence-electron chi connectivity index (χ3n) is 6.41. The van der Waals surface area contributed by atoms with Crippen LogP contribution in [0.4, 0.5) is 5.69 Å². The van der Waals surface area contributed by atoms with Crippen molar-refractivity contribution in [3.05, 3.63) is 48.3 Å². The quantitative estimate of drug-likeness (QED) is 0.632. The number of aliphatic hydroxyl groups excluding tert-OH is 1. The molecule has 0 bridgehead atoms. The van der Waals surface area contributed by atoms with Gasteiger partial charge >= 0.3 is 0 Å². The van der Waals surface area contributed by atoms with E-state index in [1.54, 1.807) is 24.8 Å². The molecule has 0 unspecified atom stereocenters. The monoisotopic (exact) mass is 435 g/mol. The summed E-state index contributed by atoms with van der Waals surface area (Å²) in [7, 11) is 0. The fraction of sp³-hybridized carbons (Fsp3) is 0.500. The van der Waals surface area contributed by atoms with E-state index < -0.39 is 0 Å². The molecule has 1 N–H and O–H groups in total. The van der Waals surface area contributed by atoms with E-state index in [2.05, 4.69) is 37.0 Å². The molecule has 32 heavy (non-hydrogen) atoms. The van der Waals surface area contributed by atoms with Gasteiger partial charge in [-0.05, 0) is 44.1 Å². The van der Waals surface area contributed by atoms with Gasteiger partial charge in [-0.25, -0.2) is 4.98 Å². The van der Waals surface area contributed by atoms with E-state index in [1.807, 2.05) is 0 Å². The second-order valence-corrected chi connectivity index (χ2v) is 8.59. The van der Waals surface area contributed by atoms with E-state index >= 15 is 0 Å². The number of aromatic nitrogens is 4. The lowest BCUT2D eigenvalue weighted by Gasteiger charge is -2.31. The Morgan fingerprint density at radius 3 is 2.44 bits per heavy atom. The molecule has 2 aliphatic rings. The largest absolute Gasteiger partial charge is 0.488 e. The van der Waals surface area contributed by atoms with E-state index in [0.29, 0.717) is 11.6 Å². The van der Waals surface area contributed by atoms with Crippen molar-refractivity contribution < 1.29 is 14.6 Å². The number of fused-ring (bicyclic) bond motifs is 1. The van der Waals surface area contributed by atoms with Crippen molar-refractivity contribution in [3.63, 3.8) is 0 Å². The zero-order valence-electron chi connectivity index (χ0n) is 18.2. The van der Waals surface area contributed by atoms with E-state index in [0.717, 1.165) is 86.6 Å². The van der Waals surface area contributed by atoms with Crippen LogP contribution in [0.5, 0.6) is 5.75 Å². The minimum atomic E-state index is -0.0679. The van der Waals surface area contributed by atoms with Gasteiger partial charge in [0, 0.05) is 43.4 Å². The maximum atomic E-state index is 9.12. The average Bonchev–Trinajstić information content (AvgIpc) is 2.86. The molecule has 0 spiro atoms. The Hall–Kier alpha value is -2.84. The summed E-state index contributed by atoms with van der Waals surface area (Å²) in [5, 5.41) is 9.12. The maximum absolute atomic E-state index is 9.12. The number of hydrogen-bond acceptors (Lipinski definition) is 8. The Bertz CT molecular complexity index is 1030. The van der Waals surface area contributed by atoms with Gasteiger partial charge in [0.15, 0.2) is 0 Å². The lowest BCUT2D eigenvalue weighted by atomic mass is 9.84. The Kier molecular flexibility index (Phi) is 6.41. The van der Waals surface area contributed by atoms with Crippen LogP contribution in [0.15, 0.2) is 36.9 Å². The molecule has 1 aromatic carbocycles. The maximum Gasteiger partial charge on any atom is 0.149 e. The topological polar surface area (TPSA) is 93.5 Å². The SMILES string of the molecule is OCc1cnc(CC2CCC(Oc3cc(N4CCOCC4)cc4nccnc34)CC2)cn1. The summed E-state index contributed by atoms with van der Waals surface area (Å²) >= 11 is 0. The third-order valence-corrected chi connectivity index (χ3v) is 6.41. The number of rotatable bonds is 6. The highest BCUT2D eigenvalue weighted by Crippen LogP contribution is 2.34. The molecule has 2 fully saturated rings. The molecule has 0 amide bonds. The first-order valence-electron chi connectivity index (χ1n) is 11.4. The lowest BCUT2D eigenvalue weighted by Crippen LogP contribution is -2.36. The summed E-state index contributed by atoms with van der Waals surface area (Å²) in [6, 6.07) is 4.22. The summed E-state index contributed by atoms with van der Waals surface area (Å²) in [6.07, 6.45) is 12.2. The predicted molar refractivity (Wildman–Crippen MR) is 121 cm³/mol. The molecular weight excluding hydrogens is 406 g/mol. The first-order chi connectivity index (χ1) is 15.8. The summed E-state index contributed by atoms with van der Waals surface area (Å²) in [5.41, 5.74) is 4.41. The second-order valence-electron chi connectivity index (χ2n) is 8.59. The number of anilines is 1. The number of hydrogen-bond donors (Lipinski definition) is 1. The van der Waals surface area contributed by atoms with Gasteiger partial charge in [0.05, 0.1) is 49.0 Å². The predicted octanol–water partition coefficient (Wildman–Crippen LogP) is 2.93. The highest BCUT2D eigenvalue weighted by Gasteiger charge is 2.24. The fourth-order valence-corrected chi connectivity index (χ4v) is 4.62. The van der Waals surface area contributed by atoms with Gasteiger partial charge < -0.3 is 19.5 Å². The summed E-state index contributed by atoms with van der Waals surface area (Å²) in [4.78, 5) is 20.1. The standard InChI is InChI=1S/C24H29N5O3/c30-16-19-15-27-18(14-28-19)11-17-1-3-21(4-2-17)32-23-13-20(29-7-9-31-10-8-29)12-22-24(23)26-6-5-25-22/h5-6,12-15,17,21,30H,1-4,7-11,16H2. The Balaban J connectivity index is 1.25. The minimum Gasteiger partial charge on any atom is -0.488 e. The van der Waals surface area contributed by atoms with Crippen molar-refractivity contribution in [3.8, 4) is 5.75 Å². The van der Waals surface area contributed by atoms with Crippen molar-refractivity contribution in [2.75, 3.05) is 31.2 Å². The Morgan fingerprint density at radius 1 is 0.938 bits per heavy atom. The number of nitrogens with zero attached hydrogens (tertiary/aromatic N) is 5. The third kappa shape index (κ3) is 4.81. The summed E-state index contributed by atoms with van der Waals surface area (Å²) < 4.78 is 12.0. The van der Waals surface area contributed by atoms with Gasteiger partial charge in [-0.15, -0.1) is 0 Å². The van der Waals surface area contributed by atoms with Crippen LogP contribution in [-0.4, -0.2) is 57.4 Å². The fourth-order valence-electron chi connectivity index (χ4n) is 4.62. The minimum absolute atomic E-state index is 0.0679. The van der Waals surface area contributed by atoms with Crippen LogP contribution in [0.25, 0.3) is 11.0 Å². The first kappa shape index (κ1) is 21.0. The van der Waals surface area contributed by atoms with Gasteiger partial charge in [-0.2, -0.15) is 0 Å². The number of morpholine rings is 1. The van der Waals surface area contributed by atoms with Crippen molar-refractivity contribution in [2.45, 2.75) is 44.8 Å². The molecule has 1 aliphatic carbocycles. The van der Waals surface area contributed by atoms with E-state index in [4.69, 9.17) is 14.6 Å². The molecule has 0 radical (unpaired) electrons. The van der Waals surface area contributed by atoms with Crippen LogP contribution in [0, 0.1) is 5.92 Å². The van der Waals surface area contributed by atoms with Crippen molar-refractivity contribution >= 4 is 16.7 Å². The van der Waals surface area contributed by atoms with E-state index in [-0.39, 0.29) is 12.7 Å².